The molecule has 2 aromatic rings. The van der Waals surface area contributed by atoms with Crippen LogP contribution in [0, 0.1) is 5.95 Å². The lowest BCUT2D eigenvalue weighted by Crippen LogP contribution is -2.41. The van der Waals surface area contributed by atoms with Gasteiger partial charge in [-0.2, -0.15) is 4.39 Å². The van der Waals surface area contributed by atoms with Gasteiger partial charge in [0, 0.05) is 36.7 Å². The molecule has 0 unspecified atom stereocenters. The van der Waals surface area contributed by atoms with Crippen molar-refractivity contribution in [3.05, 3.63) is 46.3 Å². The number of hydrogen-bond donors (Lipinski definition) is 3. The Hall–Kier alpha value is -2.78. The van der Waals surface area contributed by atoms with Gasteiger partial charge in [0.2, 0.25) is 5.95 Å². The number of nitrogens with zero attached hydrogens (tertiary/aromatic N) is 2. The molecule has 2 amide bonds. The molecule has 0 bridgehead atoms. The van der Waals surface area contributed by atoms with E-state index < -0.39 is 29.1 Å². The normalized spacial score (nSPS) is 13.5. The SMILES string of the molecule is CC(C)(O)CNC(=O)C(=O)c1c(Cl)c(C(=O)Nc2ccnc(F)c2)c2n1CCCC2. The zero-order valence-electron chi connectivity index (χ0n) is 16.6. The Morgan fingerprint density at radius 3 is 2.73 bits per heavy atom. The van der Waals surface area contributed by atoms with Gasteiger partial charge in [-0.3, -0.25) is 14.4 Å². The number of aromatic nitrogens is 2. The zero-order chi connectivity index (χ0) is 22.1. The average molecular weight is 437 g/mol. The molecule has 160 valence electrons. The summed E-state index contributed by atoms with van der Waals surface area (Å²) in [7, 11) is 0. The van der Waals surface area contributed by atoms with Crippen LogP contribution in [0.15, 0.2) is 18.3 Å². The third kappa shape index (κ3) is 4.68. The third-order valence-corrected chi connectivity index (χ3v) is 5.04. The summed E-state index contributed by atoms with van der Waals surface area (Å²) in [5, 5.41) is 14.6. The van der Waals surface area contributed by atoms with Crippen LogP contribution in [0.4, 0.5) is 10.1 Å². The van der Waals surface area contributed by atoms with Crippen LogP contribution in [-0.4, -0.2) is 44.4 Å². The number of amides is 2. The molecule has 1 aliphatic heterocycles. The number of carbonyl (C=O) groups excluding carboxylic acids is 3. The highest BCUT2D eigenvalue weighted by atomic mass is 35.5. The van der Waals surface area contributed by atoms with E-state index >= 15 is 0 Å². The molecule has 1 aliphatic rings. The predicted octanol–water partition coefficient (Wildman–Crippen LogP) is 2.33. The molecule has 0 aliphatic carbocycles. The van der Waals surface area contributed by atoms with E-state index in [1.54, 1.807) is 4.57 Å². The largest absolute Gasteiger partial charge is 0.389 e. The Morgan fingerprint density at radius 2 is 2.07 bits per heavy atom. The van der Waals surface area contributed by atoms with Crippen molar-refractivity contribution in [3.8, 4) is 0 Å². The Labute approximate surface area is 177 Å². The molecule has 2 aromatic heterocycles. The molecule has 0 saturated heterocycles. The van der Waals surface area contributed by atoms with Gasteiger partial charge in [0.1, 0.15) is 5.69 Å². The maximum absolute atomic E-state index is 13.3. The molecule has 0 spiro atoms. The van der Waals surface area contributed by atoms with Gasteiger partial charge in [-0.05, 0) is 39.2 Å². The summed E-state index contributed by atoms with van der Waals surface area (Å²) < 4.78 is 14.9. The first-order chi connectivity index (χ1) is 14.1. The van der Waals surface area contributed by atoms with Crippen LogP contribution in [0.2, 0.25) is 5.02 Å². The second-order valence-electron chi connectivity index (χ2n) is 7.74. The standard InChI is InChI=1S/C20H22ClFN4O4/c1-20(2,30)10-24-19(29)17(27)16-15(21)14(12-5-3-4-8-26(12)16)18(28)25-11-6-7-23-13(22)9-11/h6-7,9,30H,3-5,8,10H2,1-2H3,(H,24,29)(H,23,25,28). The van der Waals surface area contributed by atoms with Crippen molar-refractivity contribution in [1.82, 2.24) is 14.9 Å². The highest BCUT2D eigenvalue weighted by Gasteiger charge is 2.33. The lowest BCUT2D eigenvalue weighted by molar-refractivity contribution is -0.118. The molecule has 3 heterocycles. The Kier molecular flexibility index (Phi) is 6.23. The summed E-state index contributed by atoms with van der Waals surface area (Å²) in [4.78, 5) is 41.5. The van der Waals surface area contributed by atoms with E-state index in [2.05, 4.69) is 15.6 Å². The number of rotatable bonds is 6. The first-order valence-corrected chi connectivity index (χ1v) is 9.85. The maximum Gasteiger partial charge on any atom is 0.294 e. The highest BCUT2D eigenvalue weighted by Crippen LogP contribution is 2.33. The van der Waals surface area contributed by atoms with Crippen LogP contribution in [0.5, 0.6) is 0 Å². The quantitative estimate of drug-likeness (QED) is 0.365. The fourth-order valence-electron chi connectivity index (χ4n) is 3.31. The molecule has 0 fully saturated rings. The molecule has 3 N–H and O–H groups in total. The first kappa shape index (κ1) is 21.9. The minimum Gasteiger partial charge on any atom is -0.389 e. The van der Waals surface area contributed by atoms with Crippen molar-refractivity contribution in [1.29, 1.82) is 0 Å². The number of carbonyl (C=O) groups is 3. The molecule has 10 heteroatoms. The Bertz CT molecular complexity index is 1010. The lowest BCUT2D eigenvalue weighted by Gasteiger charge is -2.19. The van der Waals surface area contributed by atoms with Crippen molar-refractivity contribution in [3.63, 3.8) is 0 Å². The molecule has 3 rings (SSSR count). The van der Waals surface area contributed by atoms with Gasteiger partial charge in [0.05, 0.1) is 16.2 Å². The number of nitrogens with one attached hydrogen (secondary N) is 2. The molecule has 30 heavy (non-hydrogen) atoms. The first-order valence-electron chi connectivity index (χ1n) is 9.47. The summed E-state index contributed by atoms with van der Waals surface area (Å²) in [5.41, 5.74) is -0.423. The maximum atomic E-state index is 13.3. The number of pyridine rings is 1. The van der Waals surface area contributed by atoms with Crippen LogP contribution >= 0.6 is 11.6 Å². The van der Waals surface area contributed by atoms with Gasteiger partial charge < -0.3 is 20.3 Å². The van der Waals surface area contributed by atoms with Crippen molar-refractivity contribution in [2.24, 2.45) is 0 Å². The van der Waals surface area contributed by atoms with E-state index in [9.17, 15) is 23.9 Å². The van der Waals surface area contributed by atoms with E-state index in [1.165, 1.54) is 26.1 Å². The molecular formula is C20H22ClFN4O4. The number of halogens is 2. The van der Waals surface area contributed by atoms with Gasteiger partial charge in [-0.25, -0.2) is 4.98 Å². The number of anilines is 1. The number of ketones is 1. The van der Waals surface area contributed by atoms with E-state index in [4.69, 9.17) is 11.6 Å². The molecule has 0 radical (unpaired) electrons. The number of Topliss-reactive ketones (excluding diaryl/α,β-unsaturated/α-hetero) is 1. The lowest BCUT2D eigenvalue weighted by atomic mass is 10.1. The van der Waals surface area contributed by atoms with Crippen LogP contribution < -0.4 is 10.6 Å². The average Bonchev–Trinajstić information content (AvgIpc) is 2.96. The molecule has 0 atom stereocenters. The van der Waals surface area contributed by atoms with E-state index in [0.29, 0.717) is 18.7 Å². The van der Waals surface area contributed by atoms with Crippen molar-refractivity contribution < 1.29 is 23.9 Å². The minimum absolute atomic E-state index is 0.0642. The number of hydrogen-bond acceptors (Lipinski definition) is 5. The monoisotopic (exact) mass is 436 g/mol. The topological polar surface area (TPSA) is 113 Å². The minimum atomic E-state index is -1.19. The van der Waals surface area contributed by atoms with Crippen LogP contribution in [-0.2, 0) is 17.8 Å². The number of aliphatic hydroxyl groups is 1. The zero-order valence-corrected chi connectivity index (χ0v) is 17.3. The van der Waals surface area contributed by atoms with Crippen LogP contribution in [0.25, 0.3) is 0 Å². The van der Waals surface area contributed by atoms with Gasteiger partial charge in [-0.1, -0.05) is 11.6 Å². The van der Waals surface area contributed by atoms with E-state index in [0.717, 1.165) is 18.9 Å². The molecular weight excluding hydrogens is 415 g/mol. The summed E-state index contributed by atoms with van der Waals surface area (Å²) in [5.74, 6) is -3.17. The van der Waals surface area contributed by atoms with E-state index in [1.807, 2.05) is 0 Å². The smallest absolute Gasteiger partial charge is 0.294 e. The van der Waals surface area contributed by atoms with E-state index in [-0.39, 0.29) is 28.5 Å². The van der Waals surface area contributed by atoms with Gasteiger partial charge in [0.15, 0.2) is 0 Å². The van der Waals surface area contributed by atoms with Crippen molar-refractivity contribution in [2.75, 3.05) is 11.9 Å². The summed E-state index contributed by atoms with van der Waals surface area (Å²) in [6.07, 6.45) is 3.28. The summed E-state index contributed by atoms with van der Waals surface area (Å²) in [6, 6.07) is 2.48. The third-order valence-electron chi connectivity index (χ3n) is 4.67. The van der Waals surface area contributed by atoms with Crippen LogP contribution in [0.1, 0.15) is 53.2 Å². The van der Waals surface area contributed by atoms with Gasteiger partial charge >= 0.3 is 0 Å². The molecule has 0 saturated carbocycles. The summed E-state index contributed by atoms with van der Waals surface area (Å²) >= 11 is 6.42. The van der Waals surface area contributed by atoms with Crippen LogP contribution in [0.3, 0.4) is 0 Å². The fourth-order valence-corrected chi connectivity index (χ4v) is 3.70. The van der Waals surface area contributed by atoms with Gasteiger partial charge in [0.25, 0.3) is 17.6 Å². The fraction of sp³-hybridized carbons (Fsp3) is 0.400. The Morgan fingerprint density at radius 1 is 1.33 bits per heavy atom. The second kappa shape index (κ2) is 8.53. The number of fused-ring (bicyclic) bond motifs is 1. The predicted molar refractivity (Wildman–Crippen MR) is 108 cm³/mol. The summed E-state index contributed by atoms with van der Waals surface area (Å²) in [6.45, 7) is 3.30. The van der Waals surface area contributed by atoms with Crippen molar-refractivity contribution in [2.45, 2.75) is 45.3 Å². The molecule has 0 aromatic carbocycles. The highest BCUT2D eigenvalue weighted by molar-refractivity contribution is 6.48. The van der Waals surface area contributed by atoms with Gasteiger partial charge in [-0.15, -0.1) is 0 Å². The van der Waals surface area contributed by atoms with Crippen molar-refractivity contribution >= 4 is 34.9 Å². The second-order valence-corrected chi connectivity index (χ2v) is 8.12. The Balaban J connectivity index is 1.94. The molecule has 8 nitrogen and oxygen atoms in total.